The molecule has 0 bridgehead atoms. The summed E-state index contributed by atoms with van der Waals surface area (Å²) in [5, 5.41) is 17.9. The fourth-order valence-corrected chi connectivity index (χ4v) is 3.06. The van der Waals surface area contributed by atoms with Crippen molar-refractivity contribution in [1.82, 2.24) is 4.90 Å². The molecule has 2 N–H and O–H groups in total. The number of unbranched alkanes of at least 4 members (excludes halogenated alkanes) is 1. The Morgan fingerprint density at radius 3 is 2.80 bits per heavy atom. The molecule has 0 amide bonds. The van der Waals surface area contributed by atoms with Gasteiger partial charge in [-0.05, 0) is 43.4 Å². The van der Waals surface area contributed by atoms with E-state index in [1.807, 2.05) is 0 Å². The Balaban J connectivity index is 1.93. The third kappa shape index (κ3) is 3.81. The van der Waals surface area contributed by atoms with E-state index in [4.69, 9.17) is 5.11 Å². The number of carbonyl (C=O) groups is 1. The lowest BCUT2D eigenvalue weighted by molar-refractivity contribution is -0.137. The first-order valence-corrected chi connectivity index (χ1v) is 7.37. The standard InChI is InChI=1S/C16H23NO3/c18-12-11-17(10-4-3-7-16(19)20)15-9-8-13-5-1-2-6-14(13)15/h1-2,5-6,15,18H,3-4,7-12H2,(H,19,20). The van der Waals surface area contributed by atoms with Gasteiger partial charge in [-0.15, -0.1) is 0 Å². The van der Waals surface area contributed by atoms with Crippen LogP contribution < -0.4 is 0 Å². The van der Waals surface area contributed by atoms with Crippen molar-refractivity contribution in [2.45, 2.75) is 38.1 Å². The van der Waals surface area contributed by atoms with Crippen molar-refractivity contribution in [3.8, 4) is 0 Å². The molecule has 1 aliphatic carbocycles. The van der Waals surface area contributed by atoms with Crippen LogP contribution in [0.15, 0.2) is 24.3 Å². The number of aryl methyl sites for hydroxylation is 1. The number of aliphatic hydroxyl groups excluding tert-OH is 1. The molecule has 0 aliphatic heterocycles. The lowest BCUT2D eigenvalue weighted by Gasteiger charge is -2.29. The van der Waals surface area contributed by atoms with Crippen LogP contribution in [0.2, 0.25) is 0 Å². The van der Waals surface area contributed by atoms with E-state index < -0.39 is 5.97 Å². The van der Waals surface area contributed by atoms with Crippen molar-refractivity contribution >= 4 is 5.97 Å². The van der Waals surface area contributed by atoms with Crippen molar-refractivity contribution in [3.63, 3.8) is 0 Å². The summed E-state index contributed by atoms with van der Waals surface area (Å²) in [7, 11) is 0. The van der Waals surface area contributed by atoms with Crippen LogP contribution in [0.25, 0.3) is 0 Å². The number of fused-ring (bicyclic) bond motifs is 1. The second kappa shape index (κ2) is 7.41. The molecule has 1 unspecified atom stereocenters. The van der Waals surface area contributed by atoms with Crippen molar-refractivity contribution < 1.29 is 15.0 Å². The summed E-state index contributed by atoms with van der Waals surface area (Å²) in [6.45, 7) is 1.66. The summed E-state index contributed by atoms with van der Waals surface area (Å²) in [5.41, 5.74) is 2.78. The van der Waals surface area contributed by atoms with Gasteiger partial charge in [0.05, 0.1) is 6.61 Å². The van der Waals surface area contributed by atoms with Crippen LogP contribution >= 0.6 is 0 Å². The van der Waals surface area contributed by atoms with Gasteiger partial charge in [0.2, 0.25) is 0 Å². The molecule has 4 nitrogen and oxygen atoms in total. The summed E-state index contributed by atoms with van der Waals surface area (Å²) < 4.78 is 0. The molecule has 110 valence electrons. The molecule has 0 aromatic heterocycles. The van der Waals surface area contributed by atoms with E-state index in [2.05, 4.69) is 29.2 Å². The lowest BCUT2D eigenvalue weighted by Crippen LogP contribution is -2.31. The summed E-state index contributed by atoms with van der Waals surface area (Å²) in [5.74, 6) is -0.732. The zero-order valence-electron chi connectivity index (χ0n) is 11.8. The first-order chi connectivity index (χ1) is 9.72. The van der Waals surface area contributed by atoms with Gasteiger partial charge in [0.25, 0.3) is 0 Å². The molecule has 0 saturated heterocycles. The molecular weight excluding hydrogens is 254 g/mol. The Kier molecular flexibility index (Phi) is 5.56. The highest BCUT2D eigenvalue weighted by Gasteiger charge is 2.26. The maximum atomic E-state index is 10.5. The van der Waals surface area contributed by atoms with Gasteiger partial charge in [-0.1, -0.05) is 24.3 Å². The zero-order chi connectivity index (χ0) is 14.4. The number of carboxylic acids is 1. The Labute approximate surface area is 120 Å². The highest BCUT2D eigenvalue weighted by Crippen LogP contribution is 2.35. The minimum absolute atomic E-state index is 0.150. The summed E-state index contributed by atoms with van der Waals surface area (Å²) >= 11 is 0. The van der Waals surface area contributed by atoms with Gasteiger partial charge >= 0.3 is 5.97 Å². The van der Waals surface area contributed by atoms with Crippen LogP contribution in [0.4, 0.5) is 0 Å². The number of aliphatic carboxylic acids is 1. The largest absolute Gasteiger partial charge is 0.481 e. The summed E-state index contributed by atoms with van der Waals surface area (Å²) in [4.78, 5) is 12.8. The quantitative estimate of drug-likeness (QED) is 0.715. The van der Waals surface area contributed by atoms with Gasteiger partial charge in [0, 0.05) is 19.0 Å². The van der Waals surface area contributed by atoms with Crippen LogP contribution in [-0.2, 0) is 11.2 Å². The predicted molar refractivity (Wildman–Crippen MR) is 77.6 cm³/mol. The first-order valence-electron chi connectivity index (χ1n) is 7.37. The van der Waals surface area contributed by atoms with Crippen molar-refractivity contribution in [2.24, 2.45) is 0 Å². The van der Waals surface area contributed by atoms with Crippen LogP contribution in [0.3, 0.4) is 0 Å². The first kappa shape index (κ1) is 15.0. The van der Waals surface area contributed by atoms with E-state index in [9.17, 15) is 9.90 Å². The number of aliphatic hydroxyl groups is 1. The minimum Gasteiger partial charge on any atom is -0.481 e. The fraction of sp³-hybridized carbons (Fsp3) is 0.562. The normalized spacial score (nSPS) is 17.4. The van der Waals surface area contributed by atoms with E-state index in [1.165, 1.54) is 11.1 Å². The summed E-state index contributed by atoms with van der Waals surface area (Å²) in [6.07, 6.45) is 3.99. The number of hydrogen-bond donors (Lipinski definition) is 2. The van der Waals surface area contributed by atoms with Gasteiger partial charge in [-0.25, -0.2) is 0 Å². The molecule has 1 aliphatic rings. The van der Waals surface area contributed by atoms with Gasteiger partial charge < -0.3 is 10.2 Å². The van der Waals surface area contributed by atoms with Crippen molar-refractivity contribution in [1.29, 1.82) is 0 Å². The third-order valence-electron chi connectivity index (χ3n) is 4.02. The van der Waals surface area contributed by atoms with E-state index in [-0.39, 0.29) is 13.0 Å². The number of benzene rings is 1. The molecule has 1 aromatic carbocycles. The van der Waals surface area contributed by atoms with E-state index in [0.717, 1.165) is 25.8 Å². The highest BCUT2D eigenvalue weighted by molar-refractivity contribution is 5.66. The minimum atomic E-state index is -0.732. The Morgan fingerprint density at radius 1 is 1.25 bits per heavy atom. The third-order valence-corrected chi connectivity index (χ3v) is 4.02. The fourth-order valence-electron chi connectivity index (χ4n) is 3.06. The predicted octanol–water partition coefficient (Wildman–Crippen LogP) is 2.22. The van der Waals surface area contributed by atoms with Crippen LogP contribution in [0.5, 0.6) is 0 Å². The van der Waals surface area contributed by atoms with E-state index >= 15 is 0 Å². The van der Waals surface area contributed by atoms with E-state index in [0.29, 0.717) is 19.0 Å². The smallest absolute Gasteiger partial charge is 0.303 e. The Hall–Kier alpha value is -1.39. The lowest BCUT2D eigenvalue weighted by atomic mass is 10.1. The van der Waals surface area contributed by atoms with Crippen LogP contribution in [0, 0.1) is 0 Å². The second-order valence-corrected chi connectivity index (χ2v) is 5.36. The molecule has 0 spiro atoms. The van der Waals surface area contributed by atoms with Crippen molar-refractivity contribution in [2.75, 3.05) is 19.7 Å². The molecule has 0 saturated carbocycles. The maximum Gasteiger partial charge on any atom is 0.303 e. The molecule has 4 heteroatoms. The molecule has 2 rings (SSSR count). The Morgan fingerprint density at radius 2 is 2.05 bits per heavy atom. The molecule has 20 heavy (non-hydrogen) atoms. The maximum absolute atomic E-state index is 10.5. The molecule has 1 aromatic rings. The number of hydrogen-bond acceptors (Lipinski definition) is 3. The van der Waals surface area contributed by atoms with Gasteiger partial charge in [-0.2, -0.15) is 0 Å². The van der Waals surface area contributed by atoms with Crippen LogP contribution in [0.1, 0.15) is 42.9 Å². The van der Waals surface area contributed by atoms with Gasteiger partial charge in [0.15, 0.2) is 0 Å². The monoisotopic (exact) mass is 277 g/mol. The number of carboxylic acid groups (broad SMARTS) is 1. The van der Waals surface area contributed by atoms with Gasteiger partial charge in [-0.3, -0.25) is 9.69 Å². The molecular formula is C16H23NO3. The Bertz CT molecular complexity index is 447. The van der Waals surface area contributed by atoms with Gasteiger partial charge in [0.1, 0.15) is 0 Å². The number of rotatable bonds is 8. The molecule has 0 heterocycles. The van der Waals surface area contributed by atoms with E-state index in [1.54, 1.807) is 0 Å². The molecule has 1 atom stereocenters. The second-order valence-electron chi connectivity index (χ2n) is 5.36. The SMILES string of the molecule is O=C(O)CCCCN(CCO)C1CCc2ccccc21. The highest BCUT2D eigenvalue weighted by atomic mass is 16.4. The average molecular weight is 277 g/mol. The molecule has 0 fully saturated rings. The summed E-state index contributed by atoms with van der Waals surface area (Å²) in [6, 6.07) is 8.87. The zero-order valence-corrected chi connectivity index (χ0v) is 11.8. The van der Waals surface area contributed by atoms with Crippen molar-refractivity contribution in [3.05, 3.63) is 35.4 Å². The average Bonchev–Trinajstić information content (AvgIpc) is 2.86. The molecule has 0 radical (unpaired) electrons. The van der Waals surface area contributed by atoms with Crippen LogP contribution in [-0.4, -0.2) is 40.8 Å². The number of nitrogens with zero attached hydrogens (tertiary/aromatic N) is 1. The topological polar surface area (TPSA) is 60.8 Å².